The van der Waals surface area contributed by atoms with Gasteiger partial charge in [0.25, 0.3) is 5.91 Å². The summed E-state index contributed by atoms with van der Waals surface area (Å²) in [7, 11) is 1.74. The topological polar surface area (TPSA) is 86.8 Å². The summed E-state index contributed by atoms with van der Waals surface area (Å²) < 4.78 is 2.33. The van der Waals surface area contributed by atoms with E-state index in [0.717, 1.165) is 23.9 Å². The molecule has 7 nitrogen and oxygen atoms in total. The maximum absolute atomic E-state index is 12.3. The number of rotatable bonds is 3. The van der Waals surface area contributed by atoms with Gasteiger partial charge in [-0.25, -0.2) is 4.98 Å². The molecule has 0 bridgehead atoms. The summed E-state index contributed by atoms with van der Waals surface area (Å²) in [5, 5.41) is 16.4. The Balaban J connectivity index is 1.72. The van der Waals surface area contributed by atoms with E-state index in [-0.39, 0.29) is 11.9 Å². The first-order valence-electron chi connectivity index (χ1n) is 7.68. The summed E-state index contributed by atoms with van der Waals surface area (Å²) >= 11 is 3.34. The molecule has 1 unspecified atom stereocenters. The van der Waals surface area contributed by atoms with Crippen LogP contribution < -0.4 is 10.2 Å². The predicted molar refractivity (Wildman–Crippen MR) is 92.6 cm³/mol. The van der Waals surface area contributed by atoms with Gasteiger partial charge in [-0.2, -0.15) is 10.4 Å². The lowest BCUT2D eigenvalue weighted by Gasteiger charge is -2.34. The maximum atomic E-state index is 12.3. The monoisotopic (exact) mass is 388 g/mol. The zero-order chi connectivity index (χ0) is 17.1. The van der Waals surface area contributed by atoms with Crippen LogP contribution in [0.3, 0.4) is 0 Å². The Morgan fingerprint density at radius 1 is 1.54 bits per heavy atom. The van der Waals surface area contributed by atoms with Crippen molar-refractivity contribution in [3.05, 3.63) is 40.3 Å². The number of pyridine rings is 1. The molecule has 24 heavy (non-hydrogen) atoms. The number of carbonyl (C=O) groups is 1. The molecule has 124 valence electrons. The Labute approximate surface area is 148 Å². The van der Waals surface area contributed by atoms with Crippen molar-refractivity contribution in [1.82, 2.24) is 20.1 Å². The van der Waals surface area contributed by atoms with Crippen molar-refractivity contribution in [2.45, 2.75) is 18.9 Å². The summed E-state index contributed by atoms with van der Waals surface area (Å²) in [5.74, 6) is 0.534. The molecule has 0 saturated carbocycles. The molecule has 3 rings (SSSR count). The van der Waals surface area contributed by atoms with E-state index in [1.54, 1.807) is 36.3 Å². The van der Waals surface area contributed by atoms with Crippen LogP contribution in [0.25, 0.3) is 0 Å². The smallest absolute Gasteiger partial charge is 0.269 e. The molecule has 1 aliphatic rings. The molecule has 0 aliphatic carbocycles. The van der Waals surface area contributed by atoms with Crippen LogP contribution in [0.2, 0.25) is 0 Å². The number of hydrogen-bond acceptors (Lipinski definition) is 5. The van der Waals surface area contributed by atoms with Gasteiger partial charge in [0.05, 0.1) is 5.56 Å². The molecule has 3 heterocycles. The lowest BCUT2D eigenvalue weighted by Crippen LogP contribution is -2.48. The first kappa shape index (κ1) is 16.5. The van der Waals surface area contributed by atoms with Gasteiger partial charge in [-0.05, 0) is 40.9 Å². The van der Waals surface area contributed by atoms with E-state index in [9.17, 15) is 10.1 Å². The highest BCUT2D eigenvalue weighted by atomic mass is 79.9. The minimum atomic E-state index is -0.133. The highest BCUT2D eigenvalue weighted by Gasteiger charge is 2.25. The number of hydrogen-bond donors (Lipinski definition) is 1. The normalized spacial score (nSPS) is 17.4. The fourth-order valence-corrected chi connectivity index (χ4v) is 3.24. The van der Waals surface area contributed by atoms with Gasteiger partial charge >= 0.3 is 0 Å². The summed E-state index contributed by atoms with van der Waals surface area (Å²) in [5.41, 5.74) is 1.06. The van der Waals surface area contributed by atoms with Crippen LogP contribution in [-0.4, -0.2) is 39.8 Å². The molecule has 2 aromatic heterocycles. The van der Waals surface area contributed by atoms with Crippen molar-refractivity contribution in [2.24, 2.45) is 7.05 Å². The SMILES string of the molecule is Cn1nccc1C(=O)NC1CCCN(c2ncc(Br)cc2C#N)C1. The molecule has 1 aliphatic heterocycles. The van der Waals surface area contributed by atoms with E-state index in [0.29, 0.717) is 23.6 Å². The summed E-state index contributed by atoms with van der Waals surface area (Å²) in [4.78, 5) is 18.8. The Bertz CT molecular complexity index is 796. The zero-order valence-electron chi connectivity index (χ0n) is 13.2. The second-order valence-corrected chi connectivity index (χ2v) is 6.65. The van der Waals surface area contributed by atoms with E-state index < -0.39 is 0 Å². The van der Waals surface area contributed by atoms with Gasteiger partial charge in [0.15, 0.2) is 0 Å². The van der Waals surface area contributed by atoms with Crippen molar-refractivity contribution in [3.8, 4) is 6.07 Å². The van der Waals surface area contributed by atoms with Crippen LogP contribution >= 0.6 is 15.9 Å². The number of anilines is 1. The maximum Gasteiger partial charge on any atom is 0.269 e. The van der Waals surface area contributed by atoms with Crippen LogP contribution in [0.1, 0.15) is 28.9 Å². The van der Waals surface area contributed by atoms with Gasteiger partial charge < -0.3 is 10.2 Å². The molecule has 1 N–H and O–H groups in total. The fraction of sp³-hybridized carbons (Fsp3) is 0.375. The zero-order valence-corrected chi connectivity index (χ0v) is 14.8. The Morgan fingerprint density at radius 3 is 3.08 bits per heavy atom. The van der Waals surface area contributed by atoms with E-state index in [1.807, 2.05) is 0 Å². The molecule has 1 amide bonds. The molecule has 1 atom stereocenters. The van der Waals surface area contributed by atoms with Crippen molar-refractivity contribution in [2.75, 3.05) is 18.0 Å². The molecule has 8 heteroatoms. The Kier molecular flexibility index (Phi) is 4.81. The minimum absolute atomic E-state index is 0.0122. The number of nitriles is 1. The molecule has 2 aromatic rings. The summed E-state index contributed by atoms with van der Waals surface area (Å²) in [6.07, 6.45) is 5.12. The third-order valence-corrected chi connectivity index (χ3v) is 4.50. The van der Waals surface area contributed by atoms with Crippen LogP contribution in [0, 0.1) is 11.3 Å². The number of piperidine rings is 1. The average Bonchev–Trinajstić information content (AvgIpc) is 3.01. The van der Waals surface area contributed by atoms with Crippen molar-refractivity contribution in [1.29, 1.82) is 5.26 Å². The van der Waals surface area contributed by atoms with Gasteiger partial charge in [-0.15, -0.1) is 0 Å². The Hall–Kier alpha value is -2.40. The van der Waals surface area contributed by atoms with Crippen molar-refractivity contribution >= 4 is 27.7 Å². The second-order valence-electron chi connectivity index (χ2n) is 5.74. The van der Waals surface area contributed by atoms with Gasteiger partial charge in [0.1, 0.15) is 17.6 Å². The third-order valence-electron chi connectivity index (χ3n) is 4.06. The number of carbonyl (C=O) groups excluding carboxylic acids is 1. The number of nitrogens with zero attached hydrogens (tertiary/aromatic N) is 5. The van der Waals surface area contributed by atoms with Gasteiger partial charge in [0.2, 0.25) is 0 Å². The lowest BCUT2D eigenvalue weighted by atomic mass is 10.0. The highest BCUT2D eigenvalue weighted by molar-refractivity contribution is 9.10. The summed E-state index contributed by atoms with van der Waals surface area (Å²) in [6, 6.07) is 5.66. The van der Waals surface area contributed by atoms with E-state index in [1.165, 1.54) is 0 Å². The Morgan fingerprint density at radius 2 is 2.38 bits per heavy atom. The first-order valence-corrected chi connectivity index (χ1v) is 8.47. The fourth-order valence-electron chi connectivity index (χ4n) is 2.91. The molecule has 0 radical (unpaired) electrons. The van der Waals surface area contributed by atoms with Crippen LogP contribution in [0.4, 0.5) is 5.82 Å². The number of amides is 1. The minimum Gasteiger partial charge on any atom is -0.353 e. The average molecular weight is 389 g/mol. The quantitative estimate of drug-likeness (QED) is 0.866. The van der Waals surface area contributed by atoms with E-state index in [2.05, 4.69) is 42.3 Å². The molecule has 1 fully saturated rings. The molecule has 0 aromatic carbocycles. The van der Waals surface area contributed by atoms with Crippen LogP contribution in [0.15, 0.2) is 29.0 Å². The van der Waals surface area contributed by atoms with Crippen molar-refractivity contribution in [3.63, 3.8) is 0 Å². The molecular formula is C16H17BrN6O. The first-order chi connectivity index (χ1) is 11.6. The number of aromatic nitrogens is 3. The van der Waals surface area contributed by atoms with Crippen LogP contribution in [-0.2, 0) is 7.05 Å². The number of aryl methyl sites for hydroxylation is 1. The van der Waals surface area contributed by atoms with E-state index in [4.69, 9.17) is 0 Å². The van der Waals surface area contributed by atoms with Gasteiger partial charge in [0, 0.05) is 43.0 Å². The van der Waals surface area contributed by atoms with Gasteiger partial charge in [-0.1, -0.05) is 0 Å². The highest BCUT2D eigenvalue weighted by Crippen LogP contribution is 2.24. The third kappa shape index (κ3) is 3.41. The number of halogens is 1. The number of nitrogens with one attached hydrogen (secondary N) is 1. The van der Waals surface area contributed by atoms with Gasteiger partial charge in [-0.3, -0.25) is 9.48 Å². The predicted octanol–water partition coefficient (Wildman–Crippen LogP) is 1.85. The molecule has 1 saturated heterocycles. The standard InChI is InChI=1S/C16H17BrN6O/c1-22-14(4-5-20-22)16(24)21-13-3-2-6-23(10-13)15-11(8-18)7-12(17)9-19-15/h4-5,7,9,13H,2-3,6,10H2,1H3,(H,21,24). The van der Waals surface area contributed by atoms with Crippen molar-refractivity contribution < 1.29 is 4.79 Å². The van der Waals surface area contributed by atoms with Crippen LogP contribution in [0.5, 0.6) is 0 Å². The second kappa shape index (κ2) is 7.01. The lowest BCUT2D eigenvalue weighted by molar-refractivity contribution is 0.0923. The van der Waals surface area contributed by atoms with E-state index >= 15 is 0 Å². The largest absolute Gasteiger partial charge is 0.353 e. The summed E-state index contributed by atoms with van der Waals surface area (Å²) in [6.45, 7) is 1.45. The molecular weight excluding hydrogens is 372 g/mol. The molecule has 0 spiro atoms.